The van der Waals surface area contributed by atoms with Crippen LogP contribution in [0.25, 0.3) is 0 Å². The van der Waals surface area contributed by atoms with Gasteiger partial charge in [0.05, 0.1) is 10.6 Å². The minimum atomic E-state index is -0.445. The van der Waals surface area contributed by atoms with Crippen molar-refractivity contribution in [1.29, 1.82) is 0 Å². The van der Waals surface area contributed by atoms with E-state index in [2.05, 4.69) is 17.5 Å². The lowest BCUT2D eigenvalue weighted by Crippen LogP contribution is -2.18. The average Bonchev–Trinajstić information content (AvgIpc) is 2.64. The number of amides is 1. The highest BCUT2D eigenvalue weighted by atomic mass is 16.6. The molecule has 144 valence electrons. The van der Waals surface area contributed by atoms with E-state index in [1.807, 2.05) is 0 Å². The van der Waals surface area contributed by atoms with Gasteiger partial charge in [0.2, 0.25) is 5.91 Å². The van der Waals surface area contributed by atoms with Crippen molar-refractivity contribution in [2.45, 2.75) is 78.1 Å². The van der Waals surface area contributed by atoms with Crippen molar-refractivity contribution in [2.75, 3.05) is 0 Å². The van der Waals surface area contributed by atoms with Gasteiger partial charge in [-0.3, -0.25) is 14.9 Å². The predicted octanol–water partition coefficient (Wildman–Crippen LogP) is 5.36. The molecule has 26 heavy (non-hydrogen) atoms. The zero-order chi connectivity index (χ0) is 19.2. The molecule has 0 saturated carbocycles. The number of nitrogens with zero attached hydrogens (tertiary/aromatic N) is 2. The summed E-state index contributed by atoms with van der Waals surface area (Å²) in [5, 5.41) is 14.8. The van der Waals surface area contributed by atoms with E-state index in [1.165, 1.54) is 57.1 Å². The van der Waals surface area contributed by atoms with E-state index in [-0.39, 0.29) is 11.6 Å². The lowest BCUT2D eigenvalue weighted by Gasteiger charge is -2.04. The second-order valence-electron chi connectivity index (χ2n) is 6.62. The Bertz CT molecular complexity index is 600. The number of unbranched alkanes of at least 4 members (excludes halogenated alkanes) is 8. The highest BCUT2D eigenvalue weighted by Crippen LogP contribution is 2.14. The van der Waals surface area contributed by atoms with Crippen LogP contribution in [0.3, 0.4) is 0 Å². The normalized spacial score (nSPS) is 11.4. The van der Waals surface area contributed by atoms with Gasteiger partial charge in [0.15, 0.2) is 0 Å². The standard InChI is InChI=1S/C20H31N3O3/c1-3-4-5-6-7-8-9-10-11-15-20(24)22-21-17(2)18-13-12-14-19(16-18)23(25)26/h12-14,16H,3-11,15H2,1-2H3,(H,22,24). The first-order chi connectivity index (χ1) is 12.5. The molecule has 0 bridgehead atoms. The summed E-state index contributed by atoms with van der Waals surface area (Å²) in [4.78, 5) is 22.2. The summed E-state index contributed by atoms with van der Waals surface area (Å²) >= 11 is 0. The zero-order valence-corrected chi connectivity index (χ0v) is 16.0. The summed E-state index contributed by atoms with van der Waals surface area (Å²) in [5.74, 6) is -0.113. The third-order valence-corrected chi connectivity index (χ3v) is 4.33. The molecule has 1 aromatic rings. The summed E-state index contributed by atoms with van der Waals surface area (Å²) < 4.78 is 0. The van der Waals surface area contributed by atoms with Crippen LogP contribution in [0.5, 0.6) is 0 Å². The number of nitrogens with one attached hydrogen (secondary N) is 1. The number of nitro benzene ring substituents is 1. The molecule has 0 unspecified atom stereocenters. The third-order valence-electron chi connectivity index (χ3n) is 4.33. The minimum absolute atomic E-state index is 0.0121. The summed E-state index contributed by atoms with van der Waals surface area (Å²) in [6.07, 6.45) is 11.4. The molecular formula is C20H31N3O3. The molecule has 0 aliphatic heterocycles. The number of carbonyl (C=O) groups excluding carboxylic acids is 1. The number of rotatable bonds is 13. The van der Waals surface area contributed by atoms with Gasteiger partial charge in [-0.05, 0) is 13.3 Å². The molecule has 0 fully saturated rings. The Hall–Kier alpha value is -2.24. The maximum absolute atomic E-state index is 11.8. The van der Waals surface area contributed by atoms with Crippen LogP contribution in [0.2, 0.25) is 0 Å². The van der Waals surface area contributed by atoms with E-state index in [9.17, 15) is 14.9 Å². The van der Waals surface area contributed by atoms with Crippen LogP contribution < -0.4 is 5.43 Å². The number of hydrogen-bond acceptors (Lipinski definition) is 4. The van der Waals surface area contributed by atoms with Gasteiger partial charge >= 0.3 is 0 Å². The van der Waals surface area contributed by atoms with E-state index < -0.39 is 4.92 Å². The highest BCUT2D eigenvalue weighted by Gasteiger charge is 2.08. The zero-order valence-electron chi connectivity index (χ0n) is 16.0. The molecule has 6 heteroatoms. The average molecular weight is 361 g/mol. The fourth-order valence-electron chi connectivity index (χ4n) is 2.71. The Morgan fingerprint density at radius 2 is 1.69 bits per heavy atom. The first-order valence-electron chi connectivity index (χ1n) is 9.62. The second-order valence-corrected chi connectivity index (χ2v) is 6.62. The summed E-state index contributed by atoms with van der Waals surface area (Å²) in [5.41, 5.74) is 3.72. The smallest absolute Gasteiger partial charge is 0.270 e. The molecule has 1 N–H and O–H groups in total. The molecule has 0 aromatic heterocycles. The minimum Gasteiger partial charge on any atom is -0.273 e. The van der Waals surface area contributed by atoms with E-state index in [0.717, 1.165) is 12.8 Å². The number of hydrazone groups is 1. The van der Waals surface area contributed by atoms with Gasteiger partial charge in [0.25, 0.3) is 5.69 Å². The van der Waals surface area contributed by atoms with E-state index in [4.69, 9.17) is 0 Å². The van der Waals surface area contributed by atoms with Crippen LogP contribution in [0.15, 0.2) is 29.4 Å². The molecule has 1 rings (SSSR count). The van der Waals surface area contributed by atoms with E-state index in [0.29, 0.717) is 17.7 Å². The number of carbonyl (C=O) groups is 1. The van der Waals surface area contributed by atoms with Crippen LogP contribution in [0, 0.1) is 10.1 Å². The van der Waals surface area contributed by atoms with Crippen molar-refractivity contribution in [3.8, 4) is 0 Å². The van der Waals surface area contributed by atoms with Gasteiger partial charge in [-0.2, -0.15) is 5.10 Å². The Morgan fingerprint density at radius 3 is 2.31 bits per heavy atom. The van der Waals surface area contributed by atoms with Gasteiger partial charge < -0.3 is 0 Å². The van der Waals surface area contributed by atoms with Crippen LogP contribution in [0.4, 0.5) is 5.69 Å². The number of hydrogen-bond donors (Lipinski definition) is 1. The molecule has 1 amide bonds. The van der Waals surface area contributed by atoms with Gasteiger partial charge in [-0.15, -0.1) is 0 Å². The number of nitro groups is 1. The monoisotopic (exact) mass is 361 g/mol. The van der Waals surface area contributed by atoms with Crippen molar-refractivity contribution < 1.29 is 9.72 Å². The fourth-order valence-corrected chi connectivity index (χ4v) is 2.71. The highest BCUT2D eigenvalue weighted by molar-refractivity contribution is 5.99. The van der Waals surface area contributed by atoms with Gasteiger partial charge in [0, 0.05) is 24.1 Å². The second kappa shape index (κ2) is 13.0. The maximum Gasteiger partial charge on any atom is 0.270 e. The van der Waals surface area contributed by atoms with Crippen LogP contribution in [0.1, 0.15) is 83.6 Å². The summed E-state index contributed by atoms with van der Waals surface area (Å²) in [6, 6.07) is 6.22. The van der Waals surface area contributed by atoms with Gasteiger partial charge in [-0.1, -0.05) is 70.4 Å². The van der Waals surface area contributed by atoms with E-state index >= 15 is 0 Å². The molecule has 0 radical (unpaired) electrons. The topological polar surface area (TPSA) is 84.6 Å². The Kier molecular flexibility index (Phi) is 10.9. The molecule has 0 saturated heterocycles. The molecule has 0 aliphatic carbocycles. The molecule has 6 nitrogen and oxygen atoms in total. The molecule has 1 aromatic carbocycles. The number of non-ortho nitro benzene ring substituents is 1. The first-order valence-corrected chi connectivity index (χ1v) is 9.62. The molecule has 0 atom stereocenters. The lowest BCUT2D eigenvalue weighted by atomic mass is 10.1. The van der Waals surface area contributed by atoms with Crippen molar-refractivity contribution in [3.05, 3.63) is 39.9 Å². The van der Waals surface area contributed by atoms with E-state index in [1.54, 1.807) is 19.1 Å². The van der Waals surface area contributed by atoms with Crippen molar-refractivity contribution in [1.82, 2.24) is 5.43 Å². The molecule has 0 spiro atoms. The van der Waals surface area contributed by atoms with Gasteiger partial charge in [-0.25, -0.2) is 5.43 Å². The Morgan fingerprint density at radius 1 is 1.08 bits per heavy atom. The maximum atomic E-state index is 11.8. The molecular weight excluding hydrogens is 330 g/mol. The fraction of sp³-hybridized carbons (Fsp3) is 0.600. The van der Waals surface area contributed by atoms with Crippen molar-refractivity contribution in [2.24, 2.45) is 5.10 Å². The van der Waals surface area contributed by atoms with Gasteiger partial charge in [0.1, 0.15) is 0 Å². The predicted molar refractivity (Wildman–Crippen MR) is 105 cm³/mol. The lowest BCUT2D eigenvalue weighted by molar-refractivity contribution is -0.384. The number of benzene rings is 1. The van der Waals surface area contributed by atoms with Crippen LogP contribution in [-0.2, 0) is 4.79 Å². The Balaban J connectivity index is 2.21. The first kappa shape index (κ1) is 21.8. The van der Waals surface area contributed by atoms with Crippen molar-refractivity contribution in [3.63, 3.8) is 0 Å². The largest absolute Gasteiger partial charge is 0.273 e. The van der Waals surface area contributed by atoms with Crippen molar-refractivity contribution >= 4 is 17.3 Å². The molecule has 0 heterocycles. The summed E-state index contributed by atoms with van der Waals surface area (Å²) in [6.45, 7) is 3.94. The van der Waals surface area contributed by atoms with Crippen LogP contribution in [-0.4, -0.2) is 16.5 Å². The Labute approximate surface area is 156 Å². The SMILES string of the molecule is CCCCCCCCCCCC(=O)NN=C(C)c1cccc([N+](=O)[O-])c1. The molecule has 0 aliphatic rings. The third kappa shape index (κ3) is 9.30. The quantitative estimate of drug-likeness (QED) is 0.222. The van der Waals surface area contributed by atoms with Crippen LogP contribution >= 0.6 is 0 Å². The summed E-state index contributed by atoms with van der Waals surface area (Å²) in [7, 11) is 0.